The van der Waals surface area contributed by atoms with Gasteiger partial charge in [-0.2, -0.15) is 13.2 Å². The van der Waals surface area contributed by atoms with Crippen molar-refractivity contribution >= 4 is 5.84 Å². The Morgan fingerprint density at radius 1 is 1.50 bits per heavy atom. The number of nitrogens with zero attached hydrogens (tertiary/aromatic N) is 2. The molecular formula is C11H17F3N4O2. The normalized spacial score (nSPS) is 16.2. The van der Waals surface area contributed by atoms with E-state index in [2.05, 4.69) is 15.6 Å². The van der Waals surface area contributed by atoms with Crippen molar-refractivity contribution in [2.45, 2.75) is 33.0 Å². The quantitative estimate of drug-likeness (QED) is 0.333. The molecular weight excluding hydrogens is 277 g/mol. The molecule has 6 nitrogen and oxygen atoms in total. The lowest BCUT2D eigenvalue weighted by molar-refractivity contribution is -0.155. The van der Waals surface area contributed by atoms with Crippen LogP contribution in [0.1, 0.15) is 30.0 Å². The lowest BCUT2D eigenvalue weighted by Gasteiger charge is -2.22. The zero-order valence-electron chi connectivity index (χ0n) is 11.3. The van der Waals surface area contributed by atoms with Crippen LogP contribution in [0.25, 0.3) is 0 Å². The molecule has 1 aromatic heterocycles. The Morgan fingerprint density at radius 3 is 2.50 bits per heavy atom. The molecule has 1 heterocycles. The molecule has 1 aromatic rings. The summed E-state index contributed by atoms with van der Waals surface area (Å²) < 4.78 is 43.3. The SMILES string of the molecule is Cc1noc(C)c1C(C)NCC(C(N)=NO)C(F)(F)F. The maximum Gasteiger partial charge on any atom is 0.400 e. The molecule has 0 spiro atoms. The average molecular weight is 294 g/mol. The Morgan fingerprint density at radius 2 is 2.10 bits per heavy atom. The highest BCUT2D eigenvalue weighted by atomic mass is 19.4. The zero-order valence-corrected chi connectivity index (χ0v) is 11.3. The van der Waals surface area contributed by atoms with Crippen LogP contribution in [0.3, 0.4) is 0 Å². The number of hydrogen-bond acceptors (Lipinski definition) is 5. The summed E-state index contributed by atoms with van der Waals surface area (Å²) >= 11 is 0. The van der Waals surface area contributed by atoms with E-state index in [0.717, 1.165) is 0 Å². The monoisotopic (exact) mass is 294 g/mol. The van der Waals surface area contributed by atoms with Gasteiger partial charge in [0.05, 0.1) is 5.69 Å². The first-order valence-electron chi connectivity index (χ1n) is 5.88. The minimum Gasteiger partial charge on any atom is -0.409 e. The molecule has 4 N–H and O–H groups in total. The summed E-state index contributed by atoms with van der Waals surface area (Å²) in [5.74, 6) is -2.40. The van der Waals surface area contributed by atoms with Crippen LogP contribution in [-0.2, 0) is 0 Å². The Kier molecular flexibility index (Phi) is 4.98. The molecule has 0 saturated heterocycles. The van der Waals surface area contributed by atoms with Gasteiger partial charge in [0.25, 0.3) is 0 Å². The molecule has 114 valence electrons. The molecule has 0 saturated carbocycles. The highest BCUT2D eigenvalue weighted by Gasteiger charge is 2.42. The van der Waals surface area contributed by atoms with Crippen molar-refractivity contribution in [1.82, 2.24) is 10.5 Å². The second-order valence-electron chi connectivity index (χ2n) is 4.49. The molecule has 0 aliphatic carbocycles. The lowest BCUT2D eigenvalue weighted by atomic mass is 10.0. The van der Waals surface area contributed by atoms with Gasteiger partial charge in [-0.1, -0.05) is 10.3 Å². The molecule has 0 amide bonds. The van der Waals surface area contributed by atoms with E-state index >= 15 is 0 Å². The van der Waals surface area contributed by atoms with Gasteiger partial charge in [-0.25, -0.2) is 0 Å². The summed E-state index contributed by atoms with van der Waals surface area (Å²) in [7, 11) is 0. The third-order valence-corrected chi connectivity index (χ3v) is 3.02. The van der Waals surface area contributed by atoms with Crippen molar-refractivity contribution in [3.63, 3.8) is 0 Å². The minimum atomic E-state index is -4.60. The predicted molar refractivity (Wildman–Crippen MR) is 65.3 cm³/mol. The van der Waals surface area contributed by atoms with Crippen LogP contribution in [0.2, 0.25) is 0 Å². The first kappa shape index (κ1) is 16.3. The fraction of sp³-hybridized carbons (Fsp3) is 0.636. The summed E-state index contributed by atoms with van der Waals surface area (Å²) in [5.41, 5.74) is 6.38. The summed E-state index contributed by atoms with van der Waals surface area (Å²) in [4.78, 5) is 0. The fourth-order valence-corrected chi connectivity index (χ4v) is 1.96. The first-order chi connectivity index (χ1) is 9.18. The Bertz CT molecular complexity index is 465. The van der Waals surface area contributed by atoms with Gasteiger partial charge < -0.3 is 20.8 Å². The molecule has 0 aliphatic heterocycles. The summed E-state index contributed by atoms with van der Waals surface area (Å²) in [6.45, 7) is 4.56. The largest absolute Gasteiger partial charge is 0.409 e. The molecule has 20 heavy (non-hydrogen) atoms. The number of nitrogens with two attached hydrogens (primary N) is 1. The van der Waals surface area contributed by atoms with E-state index in [-0.39, 0.29) is 0 Å². The maximum absolute atomic E-state index is 12.8. The van der Waals surface area contributed by atoms with Crippen LogP contribution >= 0.6 is 0 Å². The van der Waals surface area contributed by atoms with E-state index < -0.39 is 30.5 Å². The second kappa shape index (κ2) is 6.12. The zero-order chi connectivity index (χ0) is 15.5. The Hall–Kier alpha value is -1.77. The first-order valence-corrected chi connectivity index (χ1v) is 5.88. The van der Waals surface area contributed by atoms with E-state index in [4.69, 9.17) is 15.5 Å². The lowest BCUT2D eigenvalue weighted by Crippen LogP contribution is -2.43. The van der Waals surface area contributed by atoms with Crippen LogP contribution < -0.4 is 11.1 Å². The van der Waals surface area contributed by atoms with Gasteiger partial charge in [-0.15, -0.1) is 0 Å². The summed E-state index contributed by atoms with van der Waals surface area (Å²) in [6.07, 6.45) is -4.60. The number of halogens is 3. The average Bonchev–Trinajstić information content (AvgIpc) is 2.67. The molecule has 0 radical (unpaired) electrons. The van der Waals surface area contributed by atoms with Crippen molar-refractivity contribution in [3.05, 3.63) is 17.0 Å². The van der Waals surface area contributed by atoms with Gasteiger partial charge in [0, 0.05) is 18.2 Å². The number of hydrogen-bond donors (Lipinski definition) is 3. The van der Waals surface area contributed by atoms with E-state index in [0.29, 0.717) is 17.0 Å². The van der Waals surface area contributed by atoms with Gasteiger partial charge in [0.2, 0.25) is 0 Å². The Balaban J connectivity index is 2.79. The maximum atomic E-state index is 12.8. The number of aryl methyl sites for hydroxylation is 2. The van der Waals surface area contributed by atoms with Gasteiger partial charge in [0.1, 0.15) is 11.7 Å². The molecule has 9 heteroatoms. The number of nitrogens with one attached hydrogen (secondary N) is 1. The summed E-state index contributed by atoms with van der Waals surface area (Å²) in [5, 5.41) is 17.3. The smallest absolute Gasteiger partial charge is 0.400 e. The van der Waals surface area contributed by atoms with Crippen molar-refractivity contribution < 1.29 is 22.9 Å². The van der Waals surface area contributed by atoms with Crippen LogP contribution in [0, 0.1) is 19.8 Å². The number of amidine groups is 1. The van der Waals surface area contributed by atoms with Gasteiger partial charge in [-0.05, 0) is 20.8 Å². The van der Waals surface area contributed by atoms with Crippen LogP contribution in [0.15, 0.2) is 9.68 Å². The molecule has 2 atom stereocenters. The third kappa shape index (κ3) is 3.62. The highest BCUT2D eigenvalue weighted by molar-refractivity contribution is 5.83. The van der Waals surface area contributed by atoms with Crippen molar-refractivity contribution in [1.29, 1.82) is 0 Å². The number of alkyl halides is 3. The molecule has 0 bridgehead atoms. The standard InChI is InChI=1S/C11H17F3N4O2/c1-5(9-6(2)18-20-7(9)3)16-4-8(10(15)17-19)11(12,13)14/h5,8,16,19H,4H2,1-3H3,(H2,15,17). The number of rotatable bonds is 5. The molecule has 0 aliphatic rings. The van der Waals surface area contributed by atoms with Gasteiger partial charge in [0.15, 0.2) is 5.84 Å². The third-order valence-electron chi connectivity index (χ3n) is 3.02. The van der Waals surface area contributed by atoms with Gasteiger partial charge in [-0.3, -0.25) is 0 Å². The number of aromatic nitrogens is 1. The van der Waals surface area contributed by atoms with E-state index in [9.17, 15) is 13.2 Å². The van der Waals surface area contributed by atoms with Crippen molar-refractivity contribution in [2.75, 3.05) is 6.54 Å². The Labute approximate surface area is 113 Å². The van der Waals surface area contributed by atoms with E-state index in [1.54, 1.807) is 20.8 Å². The molecule has 2 unspecified atom stereocenters. The topological polar surface area (TPSA) is 96.7 Å². The van der Waals surface area contributed by atoms with Crippen molar-refractivity contribution in [2.24, 2.45) is 16.8 Å². The molecule has 0 aromatic carbocycles. The summed E-state index contributed by atoms with van der Waals surface area (Å²) in [6, 6.07) is -0.405. The fourth-order valence-electron chi connectivity index (χ4n) is 1.96. The molecule has 1 rings (SSSR count). The highest BCUT2D eigenvalue weighted by Crippen LogP contribution is 2.27. The second-order valence-corrected chi connectivity index (χ2v) is 4.49. The van der Waals surface area contributed by atoms with Crippen LogP contribution in [-0.4, -0.2) is 28.9 Å². The molecule has 0 fully saturated rings. The number of oxime groups is 1. The van der Waals surface area contributed by atoms with Gasteiger partial charge >= 0.3 is 6.18 Å². The van der Waals surface area contributed by atoms with Crippen LogP contribution in [0.4, 0.5) is 13.2 Å². The van der Waals surface area contributed by atoms with E-state index in [1.807, 2.05) is 0 Å². The van der Waals surface area contributed by atoms with E-state index in [1.165, 1.54) is 0 Å². The minimum absolute atomic E-state index is 0.405. The van der Waals surface area contributed by atoms with Crippen LogP contribution in [0.5, 0.6) is 0 Å². The predicted octanol–water partition coefficient (Wildman–Crippen LogP) is 1.87. The van der Waals surface area contributed by atoms with Crippen molar-refractivity contribution in [3.8, 4) is 0 Å².